The summed E-state index contributed by atoms with van der Waals surface area (Å²) in [4.78, 5) is 2.50. The van der Waals surface area contributed by atoms with E-state index in [0.29, 0.717) is 5.88 Å². The number of ether oxygens (including phenoxy) is 1. The molecule has 1 aromatic rings. The van der Waals surface area contributed by atoms with Crippen LogP contribution in [0.5, 0.6) is 5.75 Å². The Morgan fingerprint density at radius 2 is 2.00 bits per heavy atom. The smallest absolute Gasteiger partial charge is 0.134 e. The number of rotatable bonds is 5. The summed E-state index contributed by atoms with van der Waals surface area (Å²) in [6.45, 7) is 4.38. The second kappa shape index (κ2) is 8.09. The largest absolute Gasteiger partial charge is 0.492 e. The van der Waals surface area contributed by atoms with Crippen molar-refractivity contribution in [2.24, 2.45) is 0 Å². The van der Waals surface area contributed by atoms with E-state index in [9.17, 15) is 0 Å². The van der Waals surface area contributed by atoms with Crippen LogP contribution in [-0.4, -0.2) is 37.0 Å². The lowest BCUT2D eigenvalue weighted by molar-refractivity contribution is 0.263. The van der Waals surface area contributed by atoms with Crippen molar-refractivity contribution in [3.8, 4) is 17.6 Å². The highest BCUT2D eigenvalue weighted by Crippen LogP contribution is 2.17. The molecule has 1 fully saturated rings. The molecule has 1 aliphatic heterocycles. The van der Waals surface area contributed by atoms with Crippen LogP contribution in [0.1, 0.15) is 24.8 Å². The predicted octanol–water partition coefficient (Wildman–Crippen LogP) is 3.14. The van der Waals surface area contributed by atoms with Gasteiger partial charge in [-0.2, -0.15) is 0 Å². The summed E-state index contributed by atoms with van der Waals surface area (Å²) in [6, 6.07) is 7.88. The molecule has 0 bridgehead atoms. The number of para-hydroxylation sites is 1. The molecule has 1 aromatic carbocycles. The van der Waals surface area contributed by atoms with E-state index in [1.54, 1.807) is 0 Å². The van der Waals surface area contributed by atoms with Crippen molar-refractivity contribution < 1.29 is 4.74 Å². The SMILES string of the molecule is ClCC#Cc1ccccc1OCCCN1CCCC1. The van der Waals surface area contributed by atoms with Gasteiger partial charge in [-0.05, 0) is 44.5 Å². The van der Waals surface area contributed by atoms with Crippen molar-refractivity contribution >= 4 is 11.6 Å². The molecule has 0 atom stereocenters. The number of likely N-dealkylation sites (tertiary alicyclic amines) is 1. The Morgan fingerprint density at radius 3 is 2.79 bits per heavy atom. The fraction of sp³-hybridized carbons (Fsp3) is 0.500. The fourth-order valence-electron chi connectivity index (χ4n) is 2.30. The summed E-state index contributed by atoms with van der Waals surface area (Å²) in [5.74, 6) is 7.11. The van der Waals surface area contributed by atoms with E-state index in [4.69, 9.17) is 16.3 Å². The summed E-state index contributed by atoms with van der Waals surface area (Å²) in [5, 5.41) is 0. The molecule has 2 rings (SSSR count). The third-order valence-corrected chi connectivity index (χ3v) is 3.39. The minimum absolute atomic E-state index is 0.350. The molecule has 0 saturated carbocycles. The van der Waals surface area contributed by atoms with Gasteiger partial charge in [-0.25, -0.2) is 0 Å². The molecule has 0 radical (unpaired) electrons. The normalized spacial score (nSPS) is 15.0. The van der Waals surface area contributed by atoms with Crippen LogP contribution in [-0.2, 0) is 0 Å². The molecule has 1 aliphatic rings. The minimum Gasteiger partial charge on any atom is -0.492 e. The monoisotopic (exact) mass is 277 g/mol. The van der Waals surface area contributed by atoms with E-state index >= 15 is 0 Å². The molecular formula is C16H20ClNO. The Balaban J connectivity index is 1.78. The molecular weight excluding hydrogens is 258 g/mol. The average molecular weight is 278 g/mol. The van der Waals surface area contributed by atoms with E-state index in [0.717, 1.165) is 30.9 Å². The molecule has 1 heterocycles. The van der Waals surface area contributed by atoms with Crippen LogP contribution >= 0.6 is 11.6 Å². The fourth-order valence-corrected chi connectivity index (χ4v) is 2.37. The molecule has 19 heavy (non-hydrogen) atoms. The van der Waals surface area contributed by atoms with Crippen LogP contribution < -0.4 is 4.74 Å². The molecule has 0 aromatic heterocycles. The van der Waals surface area contributed by atoms with Crippen molar-refractivity contribution in [2.75, 3.05) is 32.1 Å². The van der Waals surface area contributed by atoms with Crippen LogP contribution in [0, 0.1) is 11.8 Å². The first-order valence-corrected chi connectivity index (χ1v) is 7.42. The van der Waals surface area contributed by atoms with Gasteiger partial charge >= 0.3 is 0 Å². The zero-order chi connectivity index (χ0) is 13.3. The van der Waals surface area contributed by atoms with Gasteiger partial charge in [0, 0.05) is 6.54 Å². The Bertz CT molecular complexity index is 444. The summed E-state index contributed by atoms with van der Waals surface area (Å²) in [7, 11) is 0. The topological polar surface area (TPSA) is 12.5 Å². The number of hydrogen-bond donors (Lipinski definition) is 0. The highest BCUT2D eigenvalue weighted by molar-refractivity contribution is 6.19. The van der Waals surface area contributed by atoms with Gasteiger partial charge < -0.3 is 9.64 Å². The summed E-state index contributed by atoms with van der Waals surface area (Å²) in [5.41, 5.74) is 0.921. The number of benzene rings is 1. The van der Waals surface area contributed by atoms with Gasteiger partial charge in [-0.1, -0.05) is 24.0 Å². The van der Waals surface area contributed by atoms with E-state index < -0.39 is 0 Å². The van der Waals surface area contributed by atoms with Crippen molar-refractivity contribution in [1.29, 1.82) is 0 Å². The zero-order valence-corrected chi connectivity index (χ0v) is 12.0. The van der Waals surface area contributed by atoms with E-state index in [1.165, 1.54) is 25.9 Å². The van der Waals surface area contributed by atoms with Crippen molar-refractivity contribution in [1.82, 2.24) is 4.90 Å². The maximum atomic E-state index is 5.82. The third kappa shape index (κ3) is 4.78. The lowest BCUT2D eigenvalue weighted by Gasteiger charge is -2.14. The Labute approximate surface area is 120 Å². The van der Waals surface area contributed by atoms with E-state index in [-0.39, 0.29) is 0 Å². The zero-order valence-electron chi connectivity index (χ0n) is 11.2. The van der Waals surface area contributed by atoms with Crippen molar-refractivity contribution in [2.45, 2.75) is 19.3 Å². The Morgan fingerprint density at radius 1 is 1.21 bits per heavy atom. The Kier molecular flexibility index (Phi) is 6.07. The van der Waals surface area contributed by atoms with Gasteiger partial charge in [0.2, 0.25) is 0 Å². The van der Waals surface area contributed by atoms with E-state index in [2.05, 4.69) is 16.7 Å². The second-order valence-electron chi connectivity index (χ2n) is 4.68. The summed E-state index contributed by atoms with van der Waals surface area (Å²) in [6.07, 6.45) is 3.76. The molecule has 0 aliphatic carbocycles. The van der Waals surface area contributed by atoms with Gasteiger partial charge in [0.05, 0.1) is 18.1 Å². The molecule has 102 valence electrons. The van der Waals surface area contributed by atoms with Gasteiger partial charge in [-0.15, -0.1) is 11.6 Å². The van der Waals surface area contributed by atoms with Crippen molar-refractivity contribution in [3.05, 3.63) is 29.8 Å². The molecule has 0 unspecified atom stereocenters. The number of halogens is 1. The second-order valence-corrected chi connectivity index (χ2v) is 4.95. The molecule has 2 nitrogen and oxygen atoms in total. The predicted molar refractivity (Wildman–Crippen MR) is 79.8 cm³/mol. The Hall–Kier alpha value is -1.17. The maximum absolute atomic E-state index is 5.82. The van der Waals surface area contributed by atoms with Crippen LogP contribution in [0.15, 0.2) is 24.3 Å². The summed E-state index contributed by atoms with van der Waals surface area (Å²) < 4.78 is 5.82. The lowest BCUT2D eigenvalue weighted by Crippen LogP contribution is -2.21. The highest BCUT2D eigenvalue weighted by atomic mass is 35.5. The van der Waals surface area contributed by atoms with E-state index in [1.807, 2.05) is 24.3 Å². The van der Waals surface area contributed by atoms with Crippen LogP contribution in [0.2, 0.25) is 0 Å². The van der Waals surface area contributed by atoms with Crippen LogP contribution in [0.3, 0.4) is 0 Å². The van der Waals surface area contributed by atoms with Crippen molar-refractivity contribution in [3.63, 3.8) is 0 Å². The van der Waals surface area contributed by atoms with Crippen LogP contribution in [0.4, 0.5) is 0 Å². The van der Waals surface area contributed by atoms with Gasteiger partial charge in [-0.3, -0.25) is 0 Å². The molecule has 1 saturated heterocycles. The number of nitrogens with zero attached hydrogens (tertiary/aromatic N) is 1. The number of alkyl halides is 1. The van der Waals surface area contributed by atoms with Gasteiger partial charge in [0.25, 0.3) is 0 Å². The van der Waals surface area contributed by atoms with Gasteiger partial charge in [0.15, 0.2) is 0 Å². The molecule has 0 spiro atoms. The highest BCUT2D eigenvalue weighted by Gasteiger charge is 2.10. The number of hydrogen-bond acceptors (Lipinski definition) is 2. The standard InChI is InChI=1S/C16H20ClNO/c17-10-5-8-15-7-1-2-9-16(15)19-14-6-13-18-11-3-4-12-18/h1-2,7,9H,3-4,6,10-14H2. The maximum Gasteiger partial charge on any atom is 0.134 e. The average Bonchev–Trinajstić information content (AvgIpc) is 2.95. The molecule has 0 amide bonds. The lowest BCUT2D eigenvalue weighted by atomic mass is 10.2. The minimum atomic E-state index is 0.350. The first-order chi connectivity index (χ1) is 9.40. The van der Waals surface area contributed by atoms with Gasteiger partial charge in [0.1, 0.15) is 5.75 Å². The first-order valence-electron chi connectivity index (χ1n) is 6.89. The molecule has 3 heteroatoms. The van der Waals surface area contributed by atoms with Crippen LogP contribution in [0.25, 0.3) is 0 Å². The first kappa shape index (κ1) is 14.2. The summed E-state index contributed by atoms with van der Waals surface area (Å²) >= 11 is 5.58. The quantitative estimate of drug-likeness (QED) is 0.466. The third-order valence-electron chi connectivity index (χ3n) is 3.25. The molecule has 0 N–H and O–H groups in total.